The maximum absolute atomic E-state index is 14.0. The molecule has 0 amide bonds. The molecule has 1 fully saturated rings. The molecular formula is C26H23ClF2N4O3. The molecule has 2 aromatic heterocycles. The molecule has 36 heavy (non-hydrogen) atoms. The van der Waals surface area contributed by atoms with E-state index < -0.39 is 11.6 Å². The highest BCUT2D eigenvalue weighted by Crippen LogP contribution is 2.31. The number of hydrogen-bond acceptors (Lipinski definition) is 7. The van der Waals surface area contributed by atoms with Gasteiger partial charge in [0.25, 0.3) is 5.88 Å². The second-order valence-corrected chi connectivity index (χ2v) is 8.75. The van der Waals surface area contributed by atoms with Crippen LogP contribution in [0.1, 0.15) is 18.4 Å². The first-order valence-corrected chi connectivity index (χ1v) is 11.8. The molecule has 3 heterocycles. The monoisotopic (exact) mass is 512 g/mol. The van der Waals surface area contributed by atoms with Gasteiger partial charge in [-0.1, -0.05) is 23.7 Å². The lowest BCUT2D eigenvalue weighted by atomic mass is 10.1. The second-order valence-electron chi connectivity index (χ2n) is 8.36. The van der Waals surface area contributed by atoms with Crippen molar-refractivity contribution in [3.63, 3.8) is 0 Å². The molecule has 7 nitrogen and oxygen atoms in total. The molecule has 1 saturated heterocycles. The molecule has 1 aliphatic heterocycles. The Morgan fingerprint density at radius 1 is 1.00 bits per heavy atom. The van der Waals surface area contributed by atoms with E-state index in [-0.39, 0.29) is 11.9 Å². The minimum atomic E-state index is -0.710. The summed E-state index contributed by atoms with van der Waals surface area (Å²) in [4.78, 5) is 15.6. The topological polar surface area (TPSA) is 69.6 Å². The van der Waals surface area contributed by atoms with Crippen molar-refractivity contribution in [3.8, 4) is 17.4 Å². The maximum atomic E-state index is 14.0. The highest BCUT2D eigenvalue weighted by Gasteiger charge is 2.26. The van der Waals surface area contributed by atoms with Gasteiger partial charge < -0.3 is 19.1 Å². The molecule has 0 aliphatic carbocycles. The summed E-state index contributed by atoms with van der Waals surface area (Å²) in [6, 6.07) is 12.5. The van der Waals surface area contributed by atoms with E-state index in [0.717, 1.165) is 17.4 Å². The molecule has 10 heteroatoms. The van der Waals surface area contributed by atoms with Gasteiger partial charge in [-0.15, -0.1) is 0 Å². The number of anilines is 1. The van der Waals surface area contributed by atoms with Crippen LogP contribution in [0.15, 0.2) is 54.7 Å². The van der Waals surface area contributed by atoms with E-state index in [1.54, 1.807) is 19.4 Å². The van der Waals surface area contributed by atoms with Crippen LogP contribution in [0.25, 0.3) is 11.0 Å². The zero-order valence-electron chi connectivity index (χ0n) is 19.5. The lowest BCUT2D eigenvalue weighted by Crippen LogP contribution is -2.39. The first-order chi connectivity index (χ1) is 17.5. The van der Waals surface area contributed by atoms with Crippen LogP contribution >= 0.6 is 11.6 Å². The molecule has 0 saturated carbocycles. The summed E-state index contributed by atoms with van der Waals surface area (Å²) in [6.07, 6.45) is 2.61. The van der Waals surface area contributed by atoms with Gasteiger partial charge in [0, 0.05) is 38.1 Å². The number of methoxy groups -OCH3 is 1. The van der Waals surface area contributed by atoms with E-state index in [9.17, 15) is 8.78 Å². The predicted molar refractivity (Wildman–Crippen MR) is 132 cm³/mol. The lowest BCUT2D eigenvalue weighted by molar-refractivity contribution is 0.163. The molecule has 4 aromatic rings. The molecule has 0 radical (unpaired) electrons. The number of piperidine rings is 1. The Kier molecular flexibility index (Phi) is 6.99. The lowest BCUT2D eigenvalue weighted by Gasteiger charge is -2.33. The third-order valence-electron chi connectivity index (χ3n) is 5.93. The van der Waals surface area contributed by atoms with E-state index in [2.05, 4.69) is 14.9 Å². The number of fused-ring (bicyclic) bond motifs is 1. The SMILES string of the molecule is COc1ccc(COc2nc3cc(Cl)ncc3nc2N2CCC(Oc3ccc(F)cc3F)CC2)cc1. The third kappa shape index (κ3) is 5.41. The van der Waals surface area contributed by atoms with E-state index in [4.69, 9.17) is 30.8 Å². The van der Waals surface area contributed by atoms with E-state index in [0.29, 0.717) is 60.4 Å². The molecule has 5 rings (SSSR count). The van der Waals surface area contributed by atoms with Crippen LogP contribution in [0.4, 0.5) is 14.6 Å². The summed E-state index contributed by atoms with van der Waals surface area (Å²) in [5.41, 5.74) is 2.12. The van der Waals surface area contributed by atoms with Crippen molar-refractivity contribution < 1.29 is 23.0 Å². The first kappa shape index (κ1) is 24.0. The van der Waals surface area contributed by atoms with Crippen molar-refractivity contribution in [1.29, 1.82) is 0 Å². The summed E-state index contributed by atoms with van der Waals surface area (Å²) < 4.78 is 44.3. The van der Waals surface area contributed by atoms with Crippen molar-refractivity contribution in [2.45, 2.75) is 25.6 Å². The maximum Gasteiger partial charge on any atom is 0.258 e. The van der Waals surface area contributed by atoms with Crippen LogP contribution in [0, 0.1) is 11.6 Å². The average Bonchev–Trinajstić information content (AvgIpc) is 2.89. The van der Waals surface area contributed by atoms with Crippen molar-refractivity contribution in [2.24, 2.45) is 0 Å². The molecule has 0 N–H and O–H groups in total. The van der Waals surface area contributed by atoms with Crippen molar-refractivity contribution in [3.05, 3.63) is 77.1 Å². The van der Waals surface area contributed by atoms with Crippen LogP contribution in [0.2, 0.25) is 5.15 Å². The smallest absolute Gasteiger partial charge is 0.258 e. The molecule has 0 unspecified atom stereocenters. The summed E-state index contributed by atoms with van der Waals surface area (Å²) in [6.45, 7) is 1.47. The van der Waals surface area contributed by atoms with Gasteiger partial charge in [0.2, 0.25) is 0 Å². The summed E-state index contributed by atoms with van der Waals surface area (Å²) in [5.74, 6) is 0.432. The number of ether oxygens (including phenoxy) is 3. The van der Waals surface area contributed by atoms with Crippen LogP contribution in [-0.4, -0.2) is 41.3 Å². The van der Waals surface area contributed by atoms with Gasteiger partial charge >= 0.3 is 0 Å². The Bertz CT molecular complexity index is 1370. The molecule has 0 bridgehead atoms. The molecular weight excluding hydrogens is 490 g/mol. The summed E-state index contributed by atoms with van der Waals surface area (Å²) in [7, 11) is 1.62. The fraction of sp³-hybridized carbons (Fsp3) is 0.269. The Morgan fingerprint density at radius 3 is 2.50 bits per heavy atom. The molecule has 2 aromatic carbocycles. The summed E-state index contributed by atoms with van der Waals surface area (Å²) >= 11 is 6.06. The highest BCUT2D eigenvalue weighted by molar-refractivity contribution is 6.29. The van der Waals surface area contributed by atoms with Gasteiger partial charge in [0.15, 0.2) is 17.4 Å². The Hall–Kier alpha value is -3.72. The predicted octanol–water partition coefficient (Wildman–Crippen LogP) is 5.59. The van der Waals surface area contributed by atoms with Gasteiger partial charge in [0.05, 0.1) is 18.8 Å². The number of pyridine rings is 1. The average molecular weight is 513 g/mol. The Morgan fingerprint density at radius 2 is 1.78 bits per heavy atom. The van der Waals surface area contributed by atoms with E-state index in [1.165, 1.54) is 12.1 Å². The highest BCUT2D eigenvalue weighted by atomic mass is 35.5. The largest absolute Gasteiger partial charge is 0.497 e. The fourth-order valence-electron chi connectivity index (χ4n) is 4.02. The van der Waals surface area contributed by atoms with Gasteiger partial charge in [-0.2, -0.15) is 0 Å². The van der Waals surface area contributed by atoms with Crippen LogP contribution in [0.5, 0.6) is 17.4 Å². The fourth-order valence-corrected chi connectivity index (χ4v) is 4.17. The van der Waals surface area contributed by atoms with E-state index in [1.807, 2.05) is 24.3 Å². The van der Waals surface area contributed by atoms with Crippen LogP contribution < -0.4 is 19.1 Å². The number of benzene rings is 2. The van der Waals surface area contributed by atoms with Crippen LogP contribution in [0.3, 0.4) is 0 Å². The second kappa shape index (κ2) is 10.5. The number of aromatic nitrogens is 3. The van der Waals surface area contributed by atoms with Crippen LogP contribution in [-0.2, 0) is 6.61 Å². The first-order valence-electron chi connectivity index (χ1n) is 11.4. The van der Waals surface area contributed by atoms with Gasteiger partial charge in [0.1, 0.15) is 34.9 Å². The molecule has 1 aliphatic rings. The van der Waals surface area contributed by atoms with Crippen molar-refractivity contribution in [2.75, 3.05) is 25.1 Å². The normalized spacial score (nSPS) is 14.2. The van der Waals surface area contributed by atoms with Crippen molar-refractivity contribution in [1.82, 2.24) is 15.0 Å². The van der Waals surface area contributed by atoms with Crippen molar-refractivity contribution >= 4 is 28.5 Å². The number of rotatable bonds is 7. The zero-order valence-corrected chi connectivity index (χ0v) is 20.2. The number of hydrogen-bond donors (Lipinski definition) is 0. The van der Waals surface area contributed by atoms with E-state index >= 15 is 0 Å². The quantitative estimate of drug-likeness (QED) is 0.299. The van der Waals surface area contributed by atoms with Gasteiger partial charge in [-0.3, -0.25) is 0 Å². The number of halogens is 3. The number of nitrogens with zero attached hydrogens (tertiary/aromatic N) is 4. The van der Waals surface area contributed by atoms with Gasteiger partial charge in [-0.05, 0) is 29.8 Å². The summed E-state index contributed by atoms with van der Waals surface area (Å²) in [5, 5.41) is 0.316. The van der Waals surface area contributed by atoms with Gasteiger partial charge in [-0.25, -0.2) is 23.7 Å². The Labute approximate surface area is 211 Å². The minimum Gasteiger partial charge on any atom is -0.497 e. The molecule has 0 atom stereocenters. The standard InChI is InChI=1S/C26H23ClF2N4O3/c1-34-18-5-2-16(3-6-18)15-35-26-25(31-22-14-30-24(27)13-21(22)32-26)33-10-8-19(9-11-33)36-23-7-4-17(28)12-20(23)29/h2-7,12-14,19H,8-11,15H2,1H3. The molecule has 186 valence electrons. The minimum absolute atomic E-state index is 0.0480. The molecule has 0 spiro atoms. The Balaban J connectivity index is 1.34. The third-order valence-corrected chi connectivity index (χ3v) is 6.14. The zero-order chi connectivity index (χ0) is 25.1.